The zero-order valence-corrected chi connectivity index (χ0v) is 14.9. The van der Waals surface area contributed by atoms with E-state index in [4.69, 9.17) is 11.6 Å². The van der Waals surface area contributed by atoms with E-state index >= 15 is 0 Å². The molecule has 118 valence electrons. The van der Waals surface area contributed by atoms with Gasteiger partial charge < -0.3 is 0 Å². The van der Waals surface area contributed by atoms with Crippen molar-refractivity contribution >= 4 is 34.2 Å². The molecule has 0 bridgehead atoms. The van der Waals surface area contributed by atoms with Crippen LogP contribution in [-0.4, -0.2) is 11.5 Å². The van der Waals surface area contributed by atoms with Crippen molar-refractivity contribution in [3.05, 3.63) is 71.3 Å². The first-order chi connectivity index (χ1) is 11.0. The zero-order chi connectivity index (χ0) is 16.4. The monoisotopic (exact) mass is 342 g/mol. The molecule has 0 saturated carbocycles. The molecule has 0 unspecified atom stereocenters. The highest BCUT2D eigenvalue weighted by atomic mass is 35.5. The Balaban J connectivity index is 1.93. The number of thioether (sulfide) groups is 1. The number of ketones is 1. The van der Waals surface area contributed by atoms with E-state index in [2.05, 4.69) is 26.0 Å². The number of rotatable bonds is 3. The summed E-state index contributed by atoms with van der Waals surface area (Å²) in [5.74, 6) is 1.08. The van der Waals surface area contributed by atoms with Crippen LogP contribution in [0.25, 0.3) is 5.03 Å². The Hall–Kier alpha value is -1.51. The molecule has 0 radical (unpaired) electrons. The molecular formula is C20H19ClOS. The minimum atomic E-state index is -0.0676. The van der Waals surface area contributed by atoms with Crippen molar-refractivity contribution in [2.45, 2.75) is 30.6 Å². The van der Waals surface area contributed by atoms with Crippen molar-refractivity contribution in [3.63, 3.8) is 0 Å². The van der Waals surface area contributed by atoms with E-state index in [9.17, 15) is 4.79 Å². The summed E-state index contributed by atoms with van der Waals surface area (Å²) < 4.78 is 0. The summed E-state index contributed by atoms with van der Waals surface area (Å²) in [4.78, 5) is 13.6. The fourth-order valence-electron chi connectivity index (χ4n) is 2.77. The quantitative estimate of drug-likeness (QED) is 0.508. The molecule has 3 heteroatoms. The number of hydrogen-bond acceptors (Lipinski definition) is 2. The number of fused-ring (bicyclic) bond motifs is 1. The van der Waals surface area contributed by atoms with Crippen molar-refractivity contribution in [3.8, 4) is 0 Å². The third-order valence-corrected chi connectivity index (χ3v) is 5.69. The summed E-state index contributed by atoms with van der Waals surface area (Å²) in [6.07, 6.45) is 2.67. The molecule has 2 aromatic rings. The van der Waals surface area contributed by atoms with Crippen molar-refractivity contribution < 1.29 is 4.79 Å². The number of halogens is 1. The molecule has 0 spiro atoms. The third kappa shape index (κ3) is 3.54. The molecule has 23 heavy (non-hydrogen) atoms. The summed E-state index contributed by atoms with van der Waals surface area (Å²) in [5, 5.41) is 0.494. The molecule has 0 N–H and O–H groups in total. The molecule has 0 aromatic heterocycles. The Bertz CT molecular complexity index is 762. The summed E-state index contributed by atoms with van der Waals surface area (Å²) in [6.45, 7) is 4.53. The van der Waals surface area contributed by atoms with E-state index in [0.717, 1.165) is 17.7 Å². The molecule has 0 aliphatic carbocycles. The minimum Gasteiger partial charge on any atom is -0.289 e. The highest BCUT2D eigenvalue weighted by molar-refractivity contribution is 7.99. The maximum atomic E-state index is 12.3. The summed E-state index contributed by atoms with van der Waals surface area (Å²) in [7, 11) is 0. The lowest BCUT2D eigenvalue weighted by atomic mass is 9.81. The van der Waals surface area contributed by atoms with Crippen molar-refractivity contribution in [2.75, 3.05) is 5.75 Å². The van der Waals surface area contributed by atoms with Gasteiger partial charge in [-0.3, -0.25) is 4.79 Å². The predicted molar refractivity (Wildman–Crippen MR) is 99.4 cm³/mol. The van der Waals surface area contributed by atoms with Crippen LogP contribution in [0.15, 0.2) is 59.5 Å². The van der Waals surface area contributed by atoms with Crippen LogP contribution in [0.3, 0.4) is 0 Å². The molecule has 2 aromatic carbocycles. The van der Waals surface area contributed by atoms with Crippen molar-refractivity contribution in [1.29, 1.82) is 0 Å². The number of carbonyl (C=O) groups excluding carboxylic acids is 1. The lowest BCUT2D eigenvalue weighted by Crippen LogP contribution is -2.22. The van der Waals surface area contributed by atoms with Crippen LogP contribution in [0.5, 0.6) is 0 Å². The van der Waals surface area contributed by atoms with Gasteiger partial charge in [0.25, 0.3) is 0 Å². The Morgan fingerprint density at radius 3 is 2.61 bits per heavy atom. The average Bonchev–Trinajstić information content (AvgIpc) is 2.55. The standard InChI is InChI=1S/C20H19ClOS/c1-20(2)10-11-23-19-9-8-15(12-16(19)20)17(21)13-18(22)14-6-4-3-5-7-14/h3-9,12-13H,10-11H2,1-2H3/b17-13+. The first-order valence-corrected chi connectivity index (χ1v) is 9.08. The van der Waals surface area contributed by atoms with Gasteiger partial charge in [0, 0.05) is 16.5 Å². The summed E-state index contributed by atoms with van der Waals surface area (Å²) >= 11 is 8.31. The second kappa shape index (κ2) is 6.54. The highest BCUT2D eigenvalue weighted by Crippen LogP contribution is 2.42. The normalized spacial score (nSPS) is 16.7. The van der Waals surface area contributed by atoms with Gasteiger partial charge in [-0.2, -0.15) is 0 Å². The Morgan fingerprint density at radius 1 is 1.13 bits per heavy atom. The molecule has 0 amide bonds. The van der Waals surface area contributed by atoms with Gasteiger partial charge in [-0.25, -0.2) is 0 Å². The van der Waals surface area contributed by atoms with Gasteiger partial charge in [-0.05, 0) is 40.8 Å². The third-order valence-electron chi connectivity index (χ3n) is 4.29. The summed E-state index contributed by atoms with van der Waals surface area (Å²) in [5.41, 5.74) is 3.03. The lowest BCUT2D eigenvalue weighted by molar-refractivity contribution is 0.104. The minimum absolute atomic E-state index is 0.0676. The van der Waals surface area contributed by atoms with Gasteiger partial charge in [-0.1, -0.05) is 61.8 Å². The lowest BCUT2D eigenvalue weighted by Gasteiger charge is -2.32. The van der Waals surface area contributed by atoms with Crippen LogP contribution in [0.1, 0.15) is 41.8 Å². The van der Waals surface area contributed by atoms with Gasteiger partial charge in [0.2, 0.25) is 0 Å². The van der Waals surface area contributed by atoms with Gasteiger partial charge in [0.05, 0.1) is 5.03 Å². The average molecular weight is 343 g/mol. The number of allylic oxidation sites excluding steroid dienone is 1. The first kappa shape index (κ1) is 16.4. The van der Waals surface area contributed by atoms with E-state index in [1.807, 2.05) is 36.0 Å². The van der Waals surface area contributed by atoms with Gasteiger partial charge >= 0.3 is 0 Å². The van der Waals surface area contributed by atoms with E-state index in [0.29, 0.717) is 10.6 Å². The SMILES string of the molecule is CC1(C)CCSc2ccc(/C(Cl)=C\C(=O)c3ccccc3)cc21. The van der Waals surface area contributed by atoms with Crippen molar-refractivity contribution in [1.82, 2.24) is 0 Å². The highest BCUT2D eigenvalue weighted by Gasteiger charge is 2.28. The van der Waals surface area contributed by atoms with E-state index in [1.165, 1.54) is 16.5 Å². The summed E-state index contributed by atoms with van der Waals surface area (Å²) in [6, 6.07) is 15.5. The van der Waals surface area contributed by atoms with Gasteiger partial charge in [0.1, 0.15) is 0 Å². The van der Waals surface area contributed by atoms with Gasteiger partial charge in [-0.15, -0.1) is 11.8 Å². The molecule has 3 rings (SSSR count). The number of benzene rings is 2. The predicted octanol–water partition coefficient (Wildman–Crippen LogP) is 5.92. The fraction of sp³-hybridized carbons (Fsp3) is 0.250. The maximum absolute atomic E-state index is 12.3. The molecule has 0 atom stereocenters. The molecule has 0 saturated heterocycles. The van der Waals surface area contributed by atoms with Crippen LogP contribution >= 0.6 is 23.4 Å². The largest absolute Gasteiger partial charge is 0.289 e. The van der Waals surface area contributed by atoms with Crippen LogP contribution in [0.2, 0.25) is 0 Å². The van der Waals surface area contributed by atoms with E-state index in [1.54, 1.807) is 12.1 Å². The van der Waals surface area contributed by atoms with Crippen LogP contribution in [-0.2, 0) is 5.41 Å². The van der Waals surface area contributed by atoms with Crippen LogP contribution in [0.4, 0.5) is 0 Å². The molecule has 1 nitrogen and oxygen atoms in total. The Morgan fingerprint density at radius 2 is 1.87 bits per heavy atom. The smallest absolute Gasteiger partial charge is 0.187 e. The molecule has 1 heterocycles. The zero-order valence-electron chi connectivity index (χ0n) is 13.3. The second-order valence-electron chi connectivity index (χ2n) is 6.42. The fourth-order valence-corrected chi connectivity index (χ4v) is 4.47. The Labute approximate surface area is 146 Å². The van der Waals surface area contributed by atoms with Gasteiger partial charge in [0.15, 0.2) is 5.78 Å². The topological polar surface area (TPSA) is 17.1 Å². The van der Waals surface area contributed by atoms with E-state index < -0.39 is 0 Å². The van der Waals surface area contributed by atoms with Crippen molar-refractivity contribution in [2.24, 2.45) is 0 Å². The molecule has 1 aliphatic rings. The molecular weight excluding hydrogens is 324 g/mol. The Kier molecular flexibility index (Phi) is 4.65. The molecule has 1 aliphatic heterocycles. The number of hydrogen-bond donors (Lipinski definition) is 0. The first-order valence-electron chi connectivity index (χ1n) is 7.72. The second-order valence-corrected chi connectivity index (χ2v) is 7.96. The van der Waals surface area contributed by atoms with Crippen LogP contribution < -0.4 is 0 Å². The maximum Gasteiger partial charge on any atom is 0.187 e. The van der Waals surface area contributed by atoms with Crippen LogP contribution in [0, 0.1) is 0 Å². The van der Waals surface area contributed by atoms with E-state index in [-0.39, 0.29) is 11.2 Å². The number of carbonyl (C=O) groups is 1. The molecule has 0 fully saturated rings.